The molecule has 2 heterocycles. The van der Waals surface area contributed by atoms with Gasteiger partial charge in [-0.15, -0.1) is 0 Å². The number of rotatable bonds is 1. The number of hydrogen-bond donors (Lipinski definition) is 1. The molecule has 0 spiro atoms. The van der Waals surface area contributed by atoms with Gasteiger partial charge in [-0.2, -0.15) is 0 Å². The van der Waals surface area contributed by atoms with Crippen LogP contribution in [0.25, 0.3) is 0 Å². The molecule has 1 aliphatic carbocycles. The molecule has 0 radical (unpaired) electrons. The Morgan fingerprint density at radius 2 is 1.50 bits per heavy atom. The van der Waals surface area contributed by atoms with E-state index in [1.54, 1.807) is 0 Å². The van der Waals surface area contributed by atoms with Crippen molar-refractivity contribution >= 4 is 5.91 Å². The van der Waals surface area contributed by atoms with Gasteiger partial charge in [0.15, 0.2) is 0 Å². The SMILES string of the molecule is CC1(C)C(C(=O)N2C3CCC2CC(O)C3)C1(C)C. The van der Waals surface area contributed by atoms with Crippen molar-refractivity contribution < 1.29 is 9.90 Å². The van der Waals surface area contributed by atoms with E-state index < -0.39 is 0 Å². The predicted molar refractivity (Wildman–Crippen MR) is 69.9 cm³/mol. The first-order valence-electron chi connectivity index (χ1n) is 7.27. The van der Waals surface area contributed by atoms with Crippen molar-refractivity contribution in [3.05, 3.63) is 0 Å². The maximum absolute atomic E-state index is 12.8. The highest BCUT2D eigenvalue weighted by Crippen LogP contribution is 2.69. The monoisotopic (exact) mass is 251 g/mol. The Hall–Kier alpha value is -0.570. The number of aliphatic hydroxyl groups is 1. The number of carbonyl (C=O) groups excluding carboxylic acids is 1. The molecule has 0 aromatic rings. The second-order valence-corrected chi connectivity index (χ2v) is 7.63. The number of aliphatic hydroxyl groups excluding tert-OH is 1. The van der Waals surface area contributed by atoms with Crippen LogP contribution >= 0.6 is 0 Å². The second kappa shape index (κ2) is 3.50. The van der Waals surface area contributed by atoms with E-state index in [9.17, 15) is 9.90 Å². The van der Waals surface area contributed by atoms with Crippen LogP contribution in [0.2, 0.25) is 0 Å². The highest BCUT2D eigenvalue weighted by Gasteiger charge is 2.69. The van der Waals surface area contributed by atoms with E-state index in [-0.39, 0.29) is 22.9 Å². The molecule has 2 atom stereocenters. The zero-order chi connectivity index (χ0) is 13.3. The summed E-state index contributed by atoms with van der Waals surface area (Å²) < 4.78 is 0. The Kier molecular flexibility index (Phi) is 2.42. The van der Waals surface area contributed by atoms with E-state index >= 15 is 0 Å². The molecule has 2 bridgehead atoms. The van der Waals surface area contributed by atoms with Crippen LogP contribution in [-0.2, 0) is 4.79 Å². The van der Waals surface area contributed by atoms with Crippen LogP contribution in [0.1, 0.15) is 53.4 Å². The summed E-state index contributed by atoms with van der Waals surface area (Å²) >= 11 is 0. The van der Waals surface area contributed by atoms with E-state index in [4.69, 9.17) is 0 Å². The molecule has 3 aliphatic rings. The molecule has 3 rings (SSSR count). The van der Waals surface area contributed by atoms with Gasteiger partial charge in [-0.3, -0.25) is 4.79 Å². The maximum Gasteiger partial charge on any atom is 0.227 e. The van der Waals surface area contributed by atoms with Crippen LogP contribution in [0.4, 0.5) is 0 Å². The lowest BCUT2D eigenvalue weighted by Gasteiger charge is -2.37. The molecule has 18 heavy (non-hydrogen) atoms. The molecular formula is C15H25NO2. The van der Waals surface area contributed by atoms with Gasteiger partial charge in [-0.25, -0.2) is 0 Å². The second-order valence-electron chi connectivity index (χ2n) is 7.63. The van der Waals surface area contributed by atoms with E-state index in [0.29, 0.717) is 18.0 Å². The molecule has 3 fully saturated rings. The zero-order valence-corrected chi connectivity index (χ0v) is 11.9. The zero-order valence-electron chi connectivity index (χ0n) is 11.9. The normalized spacial score (nSPS) is 40.9. The lowest BCUT2D eigenvalue weighted by atomic mass is 9.98. The molecule has 3 nitrogen and oxygen atoms in total. The average Bonchev–Trinajstić information content (AvgIpc) is 2.50. The molecular weight excluding hydrogens is 226 g/mol. The van der Waals surface area contributed by atoms with Crippen LogP contribution in [0.5, 0.6) is 0 Å². The number of piperidine rings is 1. The van der Waals surface area contributed by atoms with Gasteiger partial charge in [0.2, 0.25) is 5.91 Å². The van der Waals surface area contributed by atoms with Crippen LogP contribution in [-0.4, -0.2) is 34.1 Å². The molecule has 0 aromatic carbocycles. The van der Waals surface area contributed by atoms with Gasteiger partial charge >= 0.3 is 0 Å². The summed E-state index contributed by atoms with van der Waals surface area (Å²) in [5, 5.41) is 9.81. The van der Waals surface area contributed by atoms with Crippen molar-refractivity contribution in [1.29, 1.82) is 0 Å². The Bertz CT molecular complexity index is 360. The highest BCUT2D eigenvalue weighted by atomic mass is 16.3. The lowest BCUT2D eigenvalue weighted by molar-refractivity contribution is -0.140. The molecule has 3 heteroatoms. The Balaban J connectivity index is 1.80. The quantitative estimate of drug-likeness (QED) is 0.776. The largest absolute Gasteiger partial charge is 0.393 e. The smallest absolute Gasteiger partial charge is 0.227 e. The first-order chi connectivity index (χ1) is 8.26. The Morgan fingerprint density at radius 3 is 1.89 bits per heavy atom. The van der Waals surface area contributed by atoms with Crippen molar-refractivity contribution in [1.82, 2.24) is 4.90 Å². The standard InChI is InChI=1S/C15H25NO2/c1-14(2)12(15(14,3)4)13(18)16-9-5-6-10(16)8-11(17)7-9/h9-12,17H,5-8H2,1-4H3. The summed E-state index contributed by atoms with van der Waals surface area (Å²) in [4.78, 5) is 14.9. The number of nitrogens with zero attached hydrogens (tertiary/aromatic N) is 1. The summed E-state index contributed by atoms with van der Waals surface area (Å²) in [6.07, 6.45) is 3.56. The molecule has 1 saturated carbocycles. The number of hydrogen-bond acceptors (Lipinski definition) is 2. The van der Waals surface area contributed by atoms with Gasteiger partial charge in [-0.05, 0) is 36.5 Å². The third kappa shape index (κ3) is 1.43. The Morgan fingerprint density at radius 1 is 1.06 bits per heavy atom. The summed E-state index contributed by atoms with van der Waals surface area (Å²) in [5.74, 6) is 0.521. The topological polar surface area (TPSA) is 40.5 Å². The minimum Gasteiger partial charge on any atom is -0.393 e. The van der Waals surface area contributed by atoms with Crippen molar-refractivity contribution in [2.75, 3.05) is 0 Å². The van der Waals surface area contributed by atoms with Gasteiger partial charge < -0.3 is 10.0 Å². The molecule has 2 unspecified atom stereocenters. The van der Waals surface area contributed by atoms with Crippen molar-refractivity contribution in [2.45, 2.75) is 71.6 Å². The summed E-state index contributed by atoms with van der Waals surface area (Å²) in [6, 6.07) is 0.608. The number of amides is 1. The van der Waals surface area contributed by atoms with E-state index in [1.807, 2.05) is 0 Å². The maximum atomic E-state index is 12.8. The van der Waals surface area contributed by atoms with Crippen LogP contribution in [0.3, 0.4) is 0 Å². The molecule has 1 N–H and O–H groups in total. The predicted octanol–water partition coefficient (Wildman–Crippen LogP) is 2.18. The minimum absolute atomic E-state index is 0.125. The van der Waals surface area contributed by atoms with Crippen LogP contribution < -0.4 is 0 Å². The van der Waals surface area contributed by atoms with Crippen LogP contribution in [0, 0.1) is 16.7 Å². The molecule has 102 valence electrons. The summed E-state index contributed by atoms with van der Waals surface area (Å²) in [6.45, 7) is 8.82. The number of carbonyl (C=O) groups is 1. The fourth-order valence-corrected chi connectivity index (χ4v) is 4.47. The van der Waals surface area contributed by atoms with Gasteiger partial charge in [0.25, 0.3) is 0 Å². The fourth-order valence-electron chi connectivity index (χ4n) is 4.47. The van der Waals surface area contributed by atoms with Crippen LogP contribution in [0.15, 0.2) is 0 Å². The molecule has 2 aliphatic heterocycles. The third-order valence-electron chi connectivity index (χ3n) is 6.23. The fraction of sp³-hybridized carbons (Fsp3) is 0.933. The first-order valence-corrected chi connectivity index (χ1v) is 7.27. The van der Waals surface area contributed by atoms with Gasteiger partial charge in [-0.1, -0.05) is 27.7 Å². The Labute approximate surface area is 110 Å². The van der Waals surface area contributed by atoms with E-state index in [0.717, 1.165) is 25.7 Å². The molecule has 0 aromatic heterocycles. The van der Waals surface area contributed by atoms with E-state index in [2.05, 4.69) is 32.6 Å². The summed E-state index contributed by atoms with van der Waals surface area (Å²) in [7, 11) is 0. The lowest BCUT2D eigenvalue weighted by Crippen LogP contribution is -2.49. The molecule has 2 saturated heterocycles. The van der Waals surface area contributed by atoms with Gasteiger partial charge in [0.1, 0.15) is 0 Å². The average molecular weight is 251 g/mol. The van der Waals surface area contributed by atoms with Crippen molar-refractivity contribution in [3.8, 4) is 0 Å². The van der Waals surface area contributed by atoms with Crippen molar-refractivity contribution in [3.63, 3.8) is 0 Å². The highest BCUT2D eigenvalue weighted by molar-refractivity contribution is 5.85. The minimum atomic E-state index is -0.188. The van der Waals surface area contributed by atoms with Crippen molar-refractivity contribution in [2.24, 2.45) is 16.7 Å². The third-order valence-corrected chi connectivity index (χ3v) is 6.23. The number of fused-ring (bicyclic) bond motifs is 2. The van der Waals surface area contributed by atoms with Gasteiger partial charge in [0.05, 0.1) is 6.10 Å². The summed E-state index contributed by atoms with van der Waals surface area (Å²) in [5.41, 5.74) is 0.249. The first kappa shape index (κ1) is 12.5. The van der Waals surface area contributed by atoms with Gasteiger partial charge in [0, 0.05) is 18.0 Å². The van der Waals surface area contributed by atoms with E-state index in [1.165, 1.54) is 0 Å². The molecule has 1 amide bonds.